The Morgan fingerprint density at radius 2 is 1.81 bits per heavy atom. The number of amides is 2. The standard InChI is InChI=1S/C20H17N3O4/c24-19(17-11-18(27-22-17)14-7-3-1-4-8-14)21-12-16-13-23(20(25)26-16)15-9-5-2-6-10-15/h1-11,16H,12-13H2,(H,21,24). The molecule has 2 aromatic carbocycles. The van der Waals surface area contributed by atoms with Gasteiger partial charge >= 0.3 is 6.09 Å². The first kappa shape index (κ1) is 16.8. The molecule has 0 aliphatic carbocycles. The van der Waals surface area contributed by atoms with Crippen molar-refractivity contribution in [2.45, 2.75) is 6.10 Å². The zero-order valence-corrected chi connectivity index (χ0v) is 14.4. The predicted octanol–water partition coefficient (Wildman–Crippen LogP) is 3.10. The van der Waals surface area contributed by atoms with E-state index in [4.69, 9.17) is 9.26 Å². The van der Waals surface area contributed by atoms with Gasteiger partial charge < -0.3 is 14.6 Å². The van der Waals surface area contributed by atoms with E-state index in [0.29, 0.717) is 12.3 Å². The Balaban J connectivity index is 1.35. The Morgan fingerprint density at radius 3 is 2.56 bits per heavy atom. The van der Waals surface area contributed by atoms with Crippen LogP contribution in [0.2, 0.25) is 0 Å². The summed E-state index contributed by atoms with van der Waals surface area (Å²) in [5, 5.41) is 6.54. The molecule has 7 nitrogen and oxygen atoms in total. The molecule has 1 unspecified atom stereocenters. The zero-order chi connectivity index (χ0) is 18.6. The highest BCUT2D eigenvalue weighted by Gasteiger charge is 2.32. The maximum absolute atomic E-state index is 12.3. The van der Waals surface area contributed by atoms with E-state index in [2.05, 4.69) is 10.5 Å². The molecule has 27 heavy (non-hydrogen) atoms. The molecule has 1 aromatic heterocycles. The van der Waals surface area contributed by atoms with Gasteiger partial charge in [0.2, 0.25) is 0 Å². The number of hydrogen-bond acceptors (Lipinski definition) is 5. The molecular formula is C20H17N3O4. The number of anilines is 1. The summed E-state index contributed by atoms with van der Waals surface area (Å²) in [5.74, 6) is 0.137. The highest BCUT2D eigenvalue weighted by Crippen LogP contribution is 2.21. The van der Waals surface area contributed by atoms with E-state index in [1.54, 1.807) is 11.0 Å². The van der Waals surface area contributed by atoms with E-state index >= 15 is 0 Å². The van der Waals surface area contributed by atoms with Crippen LogP contribution in [0.4, 0.5) is 10.5 Å². The van der Waals surface area contributed by atoms with Gasteiger partial charge in [-0.15, -0.1) is 0 Å². The van der Waals surface area contributed by atoms with Crippen LogP contribution in [0.5, 0.6) is 0 Å². The van der Waals surface area contributed by atoms with Crippen molar-refractivity contribution in [3.8, 4) is 11.3 Å². The summed E-state index contributed by atoms with van der Waals surface area (Å²) in [5.41, 5.74) is 1.78. The fourth-order valence-corrected chi connectivity index (χ4v) is 2.86. The van der Waals surface area contributed by atoms with Crippen LogP contribution in [0.3, 0.4) is 0 Å². The second-order valence-electron chi connectivity index (χ2n) is 6.10. The number of rotatable bonds is 5. The highest BCUT2D eigenvalue weighted by molar-refractivity contribution is 5.93. The van der Waals surface area contributed by atoms with Gasteiger partial charge in [-0.1, -0.05) is 53.7 Å². The normalized spacial score (nSPS) is 16.2. The third kappa shape index (κ3) is 3.67. The lowest BCUT2D eigenvalue weighted by Crippen LogP contribution is -2.34. The Hall–Kier alpha value is -3.61. The third-order valence-corrected chi connectivity index (χ3v) is 4.23. The number of nitrogens with one attached hydrogen (secondary N) is 1. The molecular weight excluding hydrogens is 346 g/mol. The van der Waals surface area contributed by atoms with E-state index in [-0.39, 0.29) is 18.1 Å². The molecule has 136 valence electrons. The summed E-state index contributed by atoms with van der Waals surface area (Å²) in [6, 6.07) is 20.2. The molecule has 1 atom stereocenters. The Labute approximate surface area is 155 Å². The quantitative estimate of drug-likeness (QED) is 0.753. The first-order valence-electron chi connectivity index (χ1n) is 8.54. The second kappa shape index (κ2) is 7.33. The smallest absolute Gasteiger partial charge is 0.414 e. The summed E-state index contributed by atoms with van der Waals surface area (Å²) in [4.78, 5) is 25.9. The van der Waals surface area contributed by atoms with Gasteiger partial charge in [-0.3, -0.25) is 9.69 Å². The first-order chi connectivity index (χ1) is 13.2. The SMILES string of the molecule is O=C(NCC1CN(c2ccccc2)C(=O)O1)c1cc(-c2ccccc2)on1. The number of cyclic esters (lactones) is 1. The van der Waals surface area contributed by atoms with Gasteiger partial charge in [-0.2, -0.15) is 0 Å². The number of para-hydroxylation sites is 1. The summed E-state index contributed by atoms with van der Waals surface area (Å²) in [6.07, 6.45) is -0.851. The topological polar surface area (TPSA) is 84.7 Å². The predicted molar refractivity (Wildman–Crippen MR) is 98.3 cm³/mol. The number of nitrogens with zero attached hydrogens (tertiary/aromatic N) is 2. The number of carbonyl (C=O) groups is 2. The molecule has 1 aliphatic heterocycles. The van der Waals surface area contributed by atoms with Crippen molar-refractivity contribution < 1.29 is 18.8 Å². The van der Waals surface area contributed by atoms with Crippen LogP contribution in [0.15, 0.2) is 71.3 Å². The molecule has 1 fully saturated rings. The second-order valence-corrected chi connectivity index (χ2v) is 6.10. The van der Waals surface area contributed by atoms with Crippen LogP contribution in [0.1, 0.15) is 10.5 Å². The van der Waals surface area contributed by atoms with Crippen molar-refractivity contribution in [3.05, 3.63) is 72.4 Å². The minimum absolute atomic E-state index is 0.179. The first-order valence-corrected chi connectivity index (χ1v) is 8.54. The molecule has 7 heteroatoms. The molecule has 3 aromatic rings. The van der Waals surface area contributed by atoms with Gasteiger partial charge in [0.1, 0.15) is 6.10 Å². The van der Waals surface area contributed by atoms with E-state index < -0.39 is 12.2 Å². The average molecular weight is 363 g/mol. The average Bonchev–Trinajstić information content (AvgIpc) is 3.35. The Morgan fingerprint density at radius 1 is 1.11 bits per heavy atom. The van der Waals surface area contributed by atoms with Crippen LogP contribution in [0, 0.1) is 0 Å². The molecule has 4 rings (SSSR count). The molecule has 2 amide bonds. The molecule has 0 saturated carbocycles. The molecule has 0 bridgehead atoms. The van der Waals surface area contributed by atoms with E-state index in [9.17, 15) is 9.59 Å². The minimum Gasteiger partial charge on any atom is -0.442 e. The Kier molecular flexibility index (Phi) is 4.57. The van der Waals surface area contributed by atoms with Crippen LogP contribution < -0.4 is 10.2 Å². The molecule has 2 heterocycles. The van der Waals surface area contributed by atoms with Gasteiger partial charge in [-0.05, 0) is 12.1 Å². The lowest BCUT2D eigenvalue weighted by atomic mass is 10.1. The lowest BCUT2D eigenvalue weighted by Gasteiger charge is -2.12. The minimum atomic E-state index is -0.429. The molecule has 1 N–H and O–H groups in total. The van der Waals surface area contributed by atoms with Gasteiger partial charge in [-0.25, -0.2) is 4.79 Å². The zero-order valence-electron chi connectivity index (χ0n) is 14.4. The number of ether oxygens (including phenoxy) is 1. The monoisotopic (exact) mass is 363 g/mol. The van der Waals surface area contributed by atoms with Crippen LogP contribution in [0.25, 0.3) is 11.3 Å². The summed E-state index contributed by atoms with van der Waals surface area (Å²) in [6.45, 7) is 0.568. The van der Waals surface area contributed by atoms with E-state index in [0.717, 1.165) is 11.3 Å². The molecule has 0 radical (unpaired) electrons. The van der Waals surface area contributed by atoms with Crippen molar-refractivity contribution in [3.63, 3.8) is 0 Å². The van der Waals surface area contributed by atoms with Crippen LogP contribution in [-0.2, 0) is 4.74 Å². The highest BCUT2D eigenvalue weighted by atomic mass is 16.6. The van der Waals surface area contributed by atoms with Gasteiger partial charge in [0, 0.05) is 17.3 Å². The fourth-order valence-electron chi connectivity index (χ4n) is 2.86. The summed E-state index contributed by atoms with van der Waals surface area (Å²) >= 11 is 0. The molecule has 1 aliphatic rings. The van der Waals surface area contributed by atoms with Gasteiger partial charge in [0.25, 0.3) is 5.91 Å². The van der Waals surface area contributed by atoms with Gasteiger partial charge in [0.15, 0.2) is 11.5 Å². The van der Waals surface area contributed by atoms with Crippen molar-refractivity contribution in [1.29, 1.82) is 0 Å². The van der Waals surface area contributed by atoms with Crippen molar-refractivity contribution in [2.24, 2.45) is 0 Å². The summed E-state index contributed by atoms with van der Waals surface area (Å²) in [7, 11) is 0. The number of aromatic nitrogens is 1. The number of hydrogen-bond donors (Lipinski definition) is 1. The number of benzene rings is 2. The molecule has 0 spiro atoms. The van der Waals surface area contributed by atoms with Crippen molar-refractivity contribution in [2.75, 3.05) is 18.0 Å². The van der Waals surface area contributed by atoms with Gasteiger partial charge in [0.05, 0.1) is 13.1 Å². The lowest BCUT2D eigenvalue weighted by molar-refractivity contribution is 0.0907. The number of carbonyl (C=O) groups excluding carboxylic acids is 2. The summed E-state index contributed by atoms with van der Waals surface area (Å²) < 4.78 is 10.5. The third-order valence-electron chi connectivity index (χ3n) is 4.23. The van der Waals surface area contributed by atoms with Crippen LogP contribution in [-0.4, -0.2) is 36.4 Å². The molecule has 1 saturated heterocycles. The maximum Gasteiger partial charge on any atom is 0.414 e. The van der Waals surface area contributed by atoms with E-state index in [1.165, 1.54) is 0 Å². The van der Waals surface area contributed by atoms with Crippen molar-refractivity contribution in [1.82, 2.24) is 10.5 Å². The largest absolute Gasteiger partial charge is 0.442 e. The van der Waals surface area contributed by atoms with Crippen LogP contribution >= 0.6 is 0 Å². The van der Waals surface area contributed by atoms with E-state index in [1.807, 2.05) is 60.7 Å². The fraction of sp³-hybridized carbons (Fsp3) is 0.150. The Bertz CT molecular complexity index is 940. The maximum atomic E-state index is 12.3. The van der Waals surface area contributed by atoms with Crippen molar-refractivity contribution >= 4 is 17.7 Å².